The second kappa shape index (κ2) is 7.67. The van der Waals surface area contributed by atoms with E-state index in [0.717, 1.165) is 12.1 Å². The molecule has 0 amide bonds. The van der Waals surface area contributed by atoms with Gasteiger partial charge < -0.3 is 10.4 Å². The number of hydrogen-bond acceptors (Lipinski definition) is 7. The number of nitrogens with two attached hydrogens (primary N) is 1. The number of nitrogens with zero attached hydrogens (tertiary/aromatic N) is 4. The zero-order valence-electron chi connectivity index (χ0n) is 15.5. The number of primary sulfonamides is 1. The third-order valence-electron chi connectivity index (χ3n) is 3.70. The van der Waals surface area contributed by atoms with Crippen LogP contribution in [0.1, 0.15) is 13.8 Å². The number of halogens is 2. The number of sulfonamides is 1. The Morgan fingerprint density at radius 2 is 2.07 bits per heavy atom. The molecule has 0 saturated heterocycles. The van der Waals surface area contributed by atoms with Crippen LogP contribution in [0.15, 0.2) is 41.7 Å². The van der Waals surface area contributed by atoms with Gasteiger partial charge in [0, 0.05) is 11.8 Å². The topological polar surface area (TPSA) is 136 Å². The lowest BCUT2D eigenvalue weighted by Gasteiger charge is -2.16. The highest BCUT2D eigenvalue weighted by Crippen LogP contribution is 2.28. The summed E-state index contributed by atoms with van der Waals surface area (Å²) >= 11 is 6.20. The van der Waals surface area contributed by atoms with E-state index in [-0.39, 0.29) is 23.2 Å². The van der Waals surface area contributed by atoms with Crippen molar-refractivity contribution in [3.63, 3.8) is 0 Å². The number of hydrogen-bond donors (Lipinski definition) is 3. The van der Waals surface area contributed by atoms with Gasteiger partial charge in [0.15, 0.2) is 0 Å². The van der Waals surface area contributed by atoms with Crippen LogP contribution in [-0.2, 0) is 16.6 Å². The number of rotatable bonds is 6. The molecule has 2 heterocycles. The van der Waals surface area contributed by atoms with Gasteiger partial charge >= 0.3 is 0 Å². The minimum Gasteiger partial charge on any atom is -0.389 e. The fourth-order valence-electron chi connectivity index (χ4n) is 2.55. The Morgan fingerprint density at radius 1 is 1.34 bits per heavy atom. The summed E-state index contributed by atoms with van der Waals surface area (Å²) in [6.07, 6.45) is 4.51. The number of nitrogens with one attached hydrogen (secondary N) is 1. The summed E-state index contributed by atoms with van der Waals surface area (Å²) < 4.78 is 38.5. The number of aromatic nitrogens is 4. The van der Waals surface area contributed by atoms with Gasteiger partial charge in [0.05, 0.1) is 40.9 Å². The molecule has 12 heteroatoms. The van der Waals surface area contributed by atoms with E-state index >= 15 is 0 Å². The minimum absolute atomic E-state index is 0.0138. The van der Waals surface area contributed by atoms with Crippen LogP contribution in [0, 0.1) is 5.82 Å². The quantitative estimate of drug-likeness (QED) is 0.534. The van der Waals surface area contributed by atoms with Gasteiger partial charge in [-0.3, -0.25) is 4.68 Å². The van der Waals surface area contributed by atoms with Crippen LogP contribution in [-0.4, -0.2) is 38.9 Å². The molecule has 3 rings (SSSR count). The number of benzene rings is 1. The lowest BCUT2D eigenvalue weighted by atomic mass is 10.1. The van der Waals surface area contributed by atoms with Crippen LogP contribution in [0.25, 0.3) is 11.3 Å². The molecule has 0 aliphatic rings. The summed E-state index contributed by atoms with van der Waals surface area (Å²) in [6.45, 7) is 3.56. The summed E-state index contributed by atoms with van der Waals surface area (Å²) in [4.78, 5) is 7.88. The molecule has 29 heavy (non-hydrogen) atoms. The third-order valence-corrected chi connectivity index (χ3v) is 4.92. The van der Waals surface area contributed by atoms with Gasteiger partial charge in [0.25, 0.3) is 0 Å². The molecule has 0 radical (unpaired) electrons. The van der Waals surface area contributed by atoms with Gasteiger partial charge in [-0.1, -0.05) is 11.6 Å². The van der Waals surface area contributed by atoms with Crippen molar-refractivity contribution in [1.82, 2.24) is 19.7 Å². The summed E-state index contributed by atoms with van der Waals surface area (Å²) in [5.74, 6) is -0.729. The largest absolute Gasteiger partial charge is 0.389 e. The molecule has 2 aromatic heterocycles. The molecule has 0 spiro atoms. The maximum Gasteiger partial charge on any atom is 0.240 e. The molecule has 0 fully saturated rings. The van der Waals surface area contributed by atoms with E-state index in [1.165, 1.54) is 18.5 Å². The predicted molar refractivity (Wildman–Crippen MR) is 106 cm³/mol. The summed E-state index contributed by atoms with van der Waals surface area (Å²) in [7, 11) is -4.18. The highest BCUT2D eigenvalue weighted by Gasteiger charge is 2.18. The Hall–Kier alpha value is -2.60. The molecule has 0 aliphatic carbocycles. The lowest BCUT2D eigenvalue weighted by Crippen LogP contribution is -2.26. The van der Waals surface area contributed by atoms with Crippen LogP contribution in [0.5, 0.6) is 0 Å². The molecule has 0 bridgehead atoms. The van der Waals surface area contributed by atoms with Crippen molar-refractivity contribution in [1.29, 1.82) is 0 Å². The van der Waals surface area contributed by atoms with Crippen molar-refractivity contribution in [2.75, 3.05) is 5.32 Å². The Balaban J connectivity index is 1.95. The van der Waals surface area contributed by atoms with E-state index in [2.05, 4.69) is 20.4 Å². The first-order chi connectivity index (χ1) is 13.4. The third kappa shape index (κ3) is 5.26. The van der Waals surface area contributed by atoms with E-state index in [1.807, 2.05) is 0 Å². The molecule has 4 N–H and O–H groups in total. The van der Waals surface area contributed by atoms with E-state index in [1.54, 1.807) is 24.7 Å². The van der Waals surface area contributed by atoms with Crippen LogP contribution >= 0.6 is 11.6 Å². The predicted octanol–water partition coefficient (Wildman–Crippen LogP) is 2.29. The molecular formula is C17H18ClFN6O3S. The van der Waals surface area contributed by atoms with E-state index in [9.17, 15) is 17.9 Å². The van der Waals surface area contributed by atoms with Crippen molar-refractivity contribution in [2.45, 2.75) is 30.9 Å². The fraction of sp³-hybridized carbons (Fsp3) is 0.235. The first-order valence-electron chi connectivity index (χ1n) is 8.29. The second-order valence-corrected chi connectivity index (χ2v) is 8.88. The van der Waals surface area contributed by atoms with Gasteiger partial charge in [-0.2, -0.15) is 5.10 Å². The average molecular weight is 441 g/mol. The zero-order valence-corrected chi connectivity index (χ0v) is 17.0. The molecule has 9 nitrogen and oxygen atoms in total. The monoisotopic (exact) mass is 440 g/mol. The SMILES string of the molecule is CC(C)(O)Cn1cc(-c2nc(Nc3ccc(F)cc3S(N)(=O)=O)ncc2Cl)cn1. The van der Waals surface area contributed by atoms with Gasteiger partial charge in [-0.05, 0) is 32.0 Å². The summed E-state index contributed by atoms with van der Waals surface area (Å²) in [5, 5.41) is 22.2. The van der Waals surface area contributed by atoms with Crippen LogP contribution in [0.4, 0.5) is 16.0 Å². The standard InChI is InChI=1S/C17H18ClFN6O3S/c1-17(2,26)9-25-8-10(6-22-25)15-12(18)7-21-16(24-15)23-13-4-3-11(19)5-14(13)29(20,27)28/h3-8,26H,9H2,1-2H3,(H2,20,27,28)(H,21,23,24). The molecular weight excluding hydrogens is 423 g/mol. The molecule has 0 aliphatic heterocycles. The number of anilines is 2. The fourth-order valence-corrected chi connectivity index (χ4v) is 3.46. The maximum absolute atomic E-state index is 13.5. The highest BCUT2D eigenvalue weighted by atomic mass is 35.5. The Morgan fingerprint density at radius 3 is 2.72 bits per heavy atom. The Kier molecular flexibility index (Phi) is 5.59. The molecule has 0 saturated carbocycles. The smallest absolute Gasteiger partial charge is 0.240 e. The van der Waals surface area contributed by atoms with Crippen LogP contribution in [0.3, 0.4) is 0 Å². The zero-order chi connectivity index (χ0) is 21.4. The minimum atomic E-state index is -4.18. The molecule has 1 aromatic carbocycles. The number of aliphatic hydroxyl groups is 1. The molecule has 0 unspecified atom stereocenters. The normalized spacial score (nSPS) is 12.2. The highest BCUT2D eigenvalue weighted by molar-refractivity contribution is 7.89. The van der Waals surface area contributed by atoms with Crippen LogP contribution in [0.2, 0.25) is 5.02 Å². The van der Waals surface area contributed by atoms with Gasteiger partial charge in [0.1, 0.15) is 10.7 Å². The van der Waals surface area contributed by atoms with Gasteiger partial charge in [-0.15, -0.1) is 0 Å². The molecule has 0 atom stereocenters. The van der Waals surface area contributed by atoms with Crippen molar-refractivity contribution >= 4 is 33.3 Å². The van der Waals surface area contributed by atoms with Crippen LogP contribution < -0.4 is 10.5 Å². The van der Waals surface area contributed by atoms with Crippen molar-refractivity contribution in [3.05, 3.63) is 47.6 Å². The molecule has 3 aromatic rings. The maximum atomic E-state index is 13.5. The van der Waals surface area contributed by atoms with E-state index in [0.29, 0.717) is 11.3 Å². The van der Waals surface area contributed by atoms with E-state index < -0.39 is 26.3 Å². The molecule has 154 valence electrons. The first kappa shape index (κ1) is 21.1. The Bertz CT molecular complexity index is 1160. The van der Waals surface area contributed by atoms with E-state index in [4.69, 9.17) is 16.7 Å². The summed E-state index contributed by atoms with van der Waals surface area (Å²) in [5.41, 5.74) is -0.0427. The Labute approximate surface area is 171 Å². The average Bonchev–Trinajstić information content (AvgIpc) is 3.03. The second-order valence-electron chi connectivity index (χ2n) is 6.94. The first-order valence-corrected chi connectivity index (χ1v) is 10.2. The van der Waals surface area contributed by atoms with Crippen molar-refractivity contribution in [2.24, 2.45) is 5.14 Å². The van der Waals surface area contributed by atoms with Crippen molar-refractivity contribution in [3.8, 4) is 11.3 Å². The van der Waals surface area contributed by atoms with Gasteiger partial charge in [0.2, 0.25) is 16.0 Å². The lowest BCUT2D eigenvalue weighted by molar-refractivity contribution is 0.0577. The van der Waals surface area contributed by atoms with Gasteiger partial charge in [-0.25, -0.2) is 27.9 Å². The van der Waals surface area contributed by atoms with Crippen molar-refractivity contribution < 1.29 is 17.9 Å². The summed E-state index contributed by atoms with van der Waals surface area (Å²) in [6, 6.07) is 3.10.